The third-order valence-corrected chi connectivity index (χ3v) is 3.59. The standard InChI is InChI=1S/C11H13BrN2O3/c12-9-2-1-8(7-13-9)11(17)3-5-14(6-4-11)10(15)16/h1-2,7,17H,3-6H2,(H,15,16). The first-order chi connectivity index (χ1) is 8.01. The molecular formula is C11H13BrN2O3. The van der Waals surface area contributed by atoms with Gasteiger partial charge in [-0.25, -0.2) is 9.78 Å². The minimum Gasteiger partial charge on any atom is -0.465 e. The van der Waals surface area contributed by atoms with Crippen molar-refractivity contribution in [3.63, 3.8) is 0 Å². The molecule has 0 aliphatic carbocycles. The van der Waals surface area contributed by atoms with Gasteiger partial charge >= 0.3 is 6.09 Å². The zero-order valence-electron chi connectivity index (χ0n) is 9.14. The van der Waals surface area contributed by atoms with Crippen LogP contribution in [0, 0.1) is 0 Å². The summed E-state index contributed by atoms with van der Waals surface area (Å²) in [4.78, 5) is 16.2. The highest BCUT2D eigenvalue weighted by molar-refractivity contribution is 9.10. The minimum atomic E-state index is -0.959. The first-order valence-electron chi connectivity index (χ1n) is 5.33. The maximum Gasteiger partial charge on any atom is 0.407 e. The molecule has 6 heteroatoms. The van der Waals surface area contributed by atoms with Crippen molar-refractivity contribution in [3.8, 4) is 0 Å². The third-order valence-electron chi connectivity index (χ3n) is 3.13. The Bertz CT molecular complexity index is 413. The molecule has 1 aliphatic rings. The van der Waals surface area contributed by atoms with Gasteiger partial charge in [-0.15, -0.1) is 0 Å². The lowest BCUT2D eigenvalue weighted by Crippen LogP contribution is -2.44. The van der Waals surface area contributed by atoms with Gasteiger partial charge in [-0.1, -0.05) is 6.07 Å². The van der Waals surface area contributed by atoms with Crippen molar-refractivity contribution in [1.82, 2.24) is 9.88 Å². The molecule has 1 saturated heterocycles. The van der Waals surface area contributed by atoms with Crippen LogP contribution < -0.4 is 0 Å². The van der Waals surface area contributed by atoms with Crippen LogP contribution in [0.5, 0.6) is 0 Å². The number of amides is 1. The summed E-state index contributed by atoms with van der Waals surface area (Å²) in [6.07, 6.45) is 1.51. The lowest BCUT2D eigenvalue weighted by Gasteiger charge is -2.37. The van der Waals surface area contributed by atoms with E-state index in [1.165, 1.54) is 4.90 Å². The first-order valence-corrected chi connectivity index (χ1v) is 6.13. The van der Waals surface area contributed by atoms with E-state index in [4.69, 9.17) is 5.11 Å². The summed E-state index contributed by atoms with van der Waals surface area (Å²) in [5, 5.41) is 19.3. The molecule has 0 unspecified atom stereocenters. The average Bonchev–Trinajstić information content (AvgIpc) is 2.30. The van der Waals surface area contributed by atoms with Crippen LogP contribution in [0.4, 0.5) is 4.79 Å². The van der Waals surface area contributed by atoms with Gasteiger partial charge in [-0.3, -0.25) is 0 Å². The van der Waals surface area contributed by atoms with Gasteiger partial charge in [0, 0.05) is 24.8 Å². The number of hydrogen-bond acceptors (Lipinski definition) is 3. The number of halogens is 1. The van der Waals surface area contributed by atoms with E-state index in [2.05, 4.69) is 20.9 Å². The molecule has 2 N–H and O–H groups in total. The number of pyridine rings is 1. The topological polar surface area (TPSA) is 73.7 Å². The highest BCUT2D eigenvalue weighted by Gasteiger charge is 2.35. The minimum absolute atomic E-state index is 0.349. The van der Waals surface area contributed by atoms with Crippen molar-refractivity contribution in [2.45, 2.75) is 18.4 Å². The number of rotatable bonds is 1. The molecule has 0 bridgehead atoms. The summed E-state index contributed by atoms with van der Waals surface area (Å²) in [7, 11) is 0. The summed E-state index contributed by atoms with van der Waals surface area (Å²) >= 11 is 3.24. The molecule has 1 aliphatic heterocycles. The average molecular weight is 301 g/mol. The predicted molar refractivity (Wildman–Crippen MR) is 64.7 cm³/mol. The van der Waals surface area contributed by atoms with Crippen molar-refractivity contribution >= 4 is 22.0 Å². The molecule has 0 aromatic carbocycles. The Balaban J connectivity index is 2.11. The monoisotopic (exact) mass is 300 g/mol. The SMILES string of the molecule is O=C(O)N1CCC(O)(c2ccc(Br)nc2)CC1. The molecule has 2 rings (SSSR count). The second kappa shape index (κ2) is 4.62. The van der Waals surface area contributed by atoms with Crippen LogP contribution in [0.25, 0.3) is 0 Å². The highest BCUT2D eigenvalue weighted by atomic mass is 79.9. The van der Waals surface area contributed by atoms with Gasteiger partial charge in [-0.05, 0) is 34.8 Å². The van der Waals surface area contributed by atoms with Gasteiger partial charge in [0.15, 0.2) is 0 Å². The number of piperidine rings is 1. The zero-order chi connectivity index (χ0) is 12.5. The largest absolute Gasteiger partial charge is 0.465 e. The number of nitrogens with zero attached hydrogens (tertiary/aromatic N) is 2. The van der Waals surface area contributed by atoms with Crippen molar-refractivity contribution < 1.29 is 15.0 Å². The maximum atomic E-state index is 10.8. The van der Waals surface area contributed by atoms with Gasteiger partial charge in [0.05, 0.1) is 5.60 Å². The van der Waals surface area contributed by atoms with Crippen LogP contribution in [0.2, 0.25) is 0 Å². The van der Waals surface area contributed by atoms with Gasteiger partial charge in [0.25, 0.3) is 0 Å². The molecule has 0 radical (unpaired) electrons. The highest BCUT2D eigenvalue weighted by Crippen LogP contribution is 2.32. The lowest BCUT2D eigenvalue weighted by atomic mass is 9.85. The number of aliphatic hydroxyl groups is 1. The van der Waals surface area contributed by atoms with Crippen LogP contribution in [0.1, 0.15) is 18.4 Å². The number of aromatic nitrogens is 1. The van der Waals surface area contributed by atoms with E-state index >= 15 is 0 Å². The molecule has 0 spiro atoms. The normalized spacial score (nSPS) is 19.1. The van der Waals surface area contributed by atoms with Crippen LogP contribution in [-0.2, 0) is 5.60 Å². The molecule has 1 aromatic rings. The Hall–Kier alpha value is -1.14. The summed E-state index contributed by atoms with van der Waals surface area (Å²) < 4.78 is 0.716. The zero-order valence-corrected chi connectivity index (χ0v) is 10.7. The number of hydrogen-bond donors (Lipinski definition) is 2. The van der Waals surface area contributed by atoms with Crippen LogP contribution in [0.3, 0.4) is 0 Å². The van der Waals surface area contributed by atoms with Gasteiger partial charge in [0.1, 0.15) is 4.60 Å². The van der Waals surface area contributed by atoms with E-state index in [1.807, 2.05) is 6.07 Å². The summed E-state index contributed by atoms with van der Waals surface area (Å²) in [5.41, 5.74) is -0.217. The Morgan fingerprint density at radius 2 is 2.06 bits per heavy atom. The molecule has 5 nitrogen and oxygen atoms in total. The molecule has 0 saturated carbocycles. The smallest absolute Gasteiger partial charge is 0.407 e. The van der Waals surface area contributed by atoms with Crippen LogP contribution in [-0.4, -0.2) is 39.3 Å². The third kappa shape index (κ3) is 2.58. The molecule has 0 atom stereocenters. The first kappa shape index (κ1) is 12.3. The maximum absolute atomic E-state index is 10.8. The molecule has 92 valence electrons. The molecule has 1 aromatic heterocycles. The number of likely N-dealkylation sites (tertiary alicyclic amines) is 1. The summed E-state index contributed by atoms with van der Waals surface area (Å²) in [5.74, 6) is 0. The van der Waals surface area contributed by atoms with Crippen LogP contribution >= 0.6 is 15.9 Å². The fourth-order valence-electron chi connectivity index (χ4n) is 2.01. The van der Waals surface area contributed by atoms with E-state index in [0.29, 0.717) is 30.5 Å². The Morgan fingerprint density at radius 1 is 1.41 bits per heavy atom. The van der Waals surface area contributed by atoms with Crippen molar-refractivity contribution in [1.29, 1.82) is 0 Å². The summed E-state index contributed by atoms with van der Waals surface area (Å²) in [6, 6.07) is 3.59. The molecule has 1 fully saturated rings. The number of carbonyl (C=O) groups is 1. The van der Waals surface area contributed by atoms with Gasteiger partial charge < -0.3 is 15.1 Å². The van der Waals surface area contributed by atoms with E-state index < -0.39 is 11.7 Å². The van der Waals surface area contributed by atoms with Crippen molar-refractivity contribution in [2.24, 2.45) is 0 Å². The van der Waals surface area contributed by atoms with Gasteiger partial charge in [-0.2, -0.15) is 0 Å². The Labute approximate surface area is 107 Å². The lowest BCUT2D eigenvalue weighted by molar-refractivity contribution is -0.0216. The van der Waals surface area contributed by atoms with E-state index in [9.17, 15) is 9.90 Å². The molecule has 1 amide bonds. The predicted octanol–water partition coefficient (Wildman–Crippen LogP) is 1.81. The summed E-state index contributed by atoms with van der Waals surface area (Å²) in [6.45, 7) is 0.698. The van der Waals surface area contributed by atoms with Gasteiger partial charge in [0.2, 0.25) is 0 Å². The van der Waals surface area contributed by atoms with Crippen molar-refractivity contribution in [2.75, 3.05) is 13.1 Å². The molecular weight excluding hydrogens is 288 g/mol. The fourth-order valence-corrected chi connectivity index (χ4v) is 2.24. The quantitative estimate of drug-likeness (QED) is 0.776. The van der Waals surface area contributed by atoms with E-state index in [-0.39, 0.29) is 0 Å². The second-order valence-corrected chi connectivity index (χ2v) is 4.98. The molecule has 2 heterocycles. The van der Waals surface area contributed by atoms with Crippen LogP contribution in [0.15, 0.2) is 22.9 Å². The number of carboxylic acid groups (broad SMARTS) is 1. The molecule has 17 heavy (non-hydrogen) atoms. The Kier molecular flexibility index (Phi) is 3.35. The van der Waals surface area contributed by atoms with E-state index in [1.54, 1.807) is 12.3 Å². The fraction of sp³-hybridized carbons (Fsp3) is 0.455. The second-order valence-electron chi connectivity index (χ2n) is 4.17. The van der Waals surface area contributed by atoms with E-state index in [0.717, 1.165) is 5.56 Å². The Morgan fingerprint density at radius 3 is 2.53 bits per heavy atom. The van der Waals surface area contributed by atoms with Crippen molar-refractivity contribution in [3.05, 3.63) is 28.5 Å².